The van der Waals surface area contributed by atoms with E-state index >= 15 is 0 Å². The van der Waals surface area contributed by atoms with E-state index in [9.17, 15) is 9.18 Å². The molecule has 0 bridgehead atoms. The summed E-state index contributed by atoms with van der Waals surface area (Å²) < 4.78 is 13.1. The molecule has 1 aromatic heterocycles. The number of aromatic nitrogens is 2. The second kappa shape index (κ2) is 3.95. The number of nitrogens with zero attached hydrogens (tertiary/aromatic N) is 2. The lowest BCUT2D eigenvalue weighted by atomic mass is 10.1. The molecule has 0 atom stereocenters. The average molecular weight is 215 g/mol. The van der Waals surface area contributed by atoms with Crippen LogP contribution >= 0.6 is 0 Å². The van der Waals surface area contributed by atoms with Gasteiger partial charge in [0.1, 0.15) is 5.82 Å². The third-order valence-corrected chi connectivity index (χ3v) is 2.01. The minimum Gasteiger partial charge on any atom is -0.305 e. The lowest BCUT2D eigenvalue weighted by molar-refractivity contribution is 0.628. The largest absolute Gasteiger partial charge is 0.345 e. The van der Waals surface area contributed by atoms with Gasteiger partial charge < -0.3 is 4.98 Å². The summed E-state index contributed by atoms with van der Waals surface area (Å²) in [5.74, 6) is -0.522. The predicted octanol–water partition coefficient (Wildman–Crippen LogP) is 1.45. The highest BCUT2D eigenvalue weighted by Gasteiger charge is 2.03. The summed E-state index contributed by atoms with van der Waals surface area (Å²) in [4.78, 5) is 16.9. The van der Waals surface area contributed by atoms with Gasteiger partial charge in [-0.3, -0.25) is 0 Å². The fourth-order valence-corrected chi connectivity index (χ4v) is 1.35. The molecule has 2 rings (SSSR count). The lowest BCUT2D eigenvalue weighted by Crippen LogP contribution is -2.09. The van der Waals surface area contributed by atoms with Crippen molar-refractivity contribution < 1.29 is 4.39 Å². The molecule has 2 aromatic rings. The molecule has 1 N–H and O–H groups in total. The topological polar surface area (TPSA) is 69.5 Å². The molecule has 0 aliphatic heterocycles. The van der Waals surface area contributed by atoms with E-state index in [0.29, 0.717) is 11.3 Å². The van der Waals surface area contributed by atoms with Gasteiger partial charge in [-0.2, -0.15) is 5.26 Å². The van der Waals surface area contributed by atoms with Gasteiger partial charge in [0.05, 0.1) is 17.3 Å². The number of nitrogens with one attached hydrogen (secondary N) is 1. The van der Waals surface area contributed by atoms with Crippen molar-refractivity contribution in [3.8, 4) is 17.3 Å². The first-order chi connectivity index (χ1) is 7.69. The Kier molecular flexibility index (Phi) is 2.48. The zero-order valence-corrected chi connectivity index (χ0v) is 8.07. The van der Waals surface area contributed by atoms with Crippen LogP contribution in [0.25, 0.3) is 11.3 Å². The molecule has 0 aliphatic carbocycles. The molecule has 0 unspecified atom stereocenters. The number of H-pyrrole nitrogens is 1. The summed E-state index contributed by atoms with van der Waals surface area (Å²) in [6.07, 6.45) is 1.32. The number of halogens is 1. The van der Waals surface area contributed by atoms with Crippen LogP contribution < -0.4 is 5.69 Å². The zero-order valence-electron chi connectivity index (χ0n) is 8.07. The summed E-state index contributed by atoms with van der Waals surface area (Å²) in [5, 5.41) is 8.69. The molecule has 78 valence electrons. The van der Waals surface area contributed by atoms with Crippen LogP contribution in [0.5, 0.6) is 0 Å². The first kappa shape index (κ1) is 10.1. The van der Waals surface area contributed by atoms with Gasteiger partial charge in [0, 0.05) is 11.8 Å². The number of aromatic amines is 1. The Labute approximate surface area is 90.0 Å². The van der Waals surface area contributed by atoms with Crippen molar-refractivity contribution in [1.29, 1.82) is 5.26 Å². The monoisotopic (exact) mass is 215 g/mol. The Bertz CT molecular complexity index is 628. The minimum atomic E-state index is -0.522. The predicted molar refractivity (Wildman–Crippen MR) is 55.0 cm³/mol. The highest BCUT2D eigenvalue weighted by molar-refractivity contribution is 5.60. The molecule has 5 heteroatoms. The maximum atomic E-state index is 13.1. The lowest BCUT2D eigenvalue weighted by Gasteiger charge is -2.01. The first-order valence-electron chi connectivity index (χ1n) is 4.45. The van der Waals surface area contributed by atoms with E-state index in [2.05, 4.69) is 9.97 Å². The number of rotatable bonds is 1. The van der Waals surface area contributed by atoms with Gasteiger partial charge in [-0.05, 0) is 24.3 Å². The molecule has 0 radical (unpaired) electrons. The number of nitriles is 1. The maximum Gasteiger partial charge on any atom is 0.345 e. The smallest absolute Gasteiger partial charge is 0.305 e. The Morgan fingerprint density at radius 1 is 1.38 bits per heavy atom. The standard InChI is InChI=1S/C11H6FN3O/c12-9-4-7(6-13)3-8(5-9)10-1-2-14-11(16)15-10/h1-5H,(H,14,15,16). The Morgan fingerprint density at radius 3 is 2.88 bits per heavy atom. The molecular formula is C11H6FN3O. The molecule has 0 spiro atoms. The molecule has 0 amide bonds. The summed E-state index contributed by atoms with van der Waals surface area (Å²) in [6.45, 7) is 0. The summed E-state index contributed by atoms with van der Waals surface area (Å²) in [6, 6.07) is 7.25. The van der Waals surface area contributed by atoms with Crippen molar-refractivity contribution in [3.63, 3.8) is 0 Å². The fourth-order valence-electron chi connectivity index (χ4n) is 1.35. The van der Waals surface area contributed by atoms with Crippen molar-refractivity contribution in [2.24, 2.45) is 0 Å². The Hall–Kier alpha value is -2.48. The van der Waals surface area contributed by atoms with E-state index in [1.165, 1.54) is 24.4 Å². The Balaban J connectivity index is 2.61. The van der Waals surface area contributed by atoms with E-state index in [0.717, 1.165) is 6.07 Å². The van der Waals surface area contributed by atoms with Crippen molar-refractivity contribution in [1.82, 2.24) is 9.97 Å². The van der Waals surface area contributed by atoms with E-state index in [1.807, 2.05) is 6.07 Å². The first-order valence-corrected chi connectivity index (χ1v) is 4.45. The molecule has 0 saturated heterocycles. The van der Waals surface area contributed by atoms with Gasteiger partial charge in [-0.1, -0.05) is 0 Å². The van der Waals surface area contributed by atoms with Crippen molar-refractivity contribution in [2.45, 2.75) is 0 Å². The highest BCUT2D eigenvalue weighted by atomic mass is 19.1. The third-order valence-electron chi connectivity index (χ3n) is 2.01. The maximum absolute atomic E-state index is 13.1. The van der Waals surface area contributed by atoms with Crippen LogP contribution in [-0.2, 0) is 0 Å². The molecule has 4 nitrogen and oxygen atoms in total. The third kappa shape index (κ3) is 1.96. The molecule has 0 fully saturated rings. The van der Waals surface area contributed by atoms with Crippen LogP contribution in [0.15, 0.2) is 35.3 Å². The summed E-state index contributed by atoms with van der Waals surface area (Å²) >= 11 is 0. The molecule has 0 saturated carbocycles. The second-order valence-corrected chi connectivity index (χ2v) is 3.13. The van der Waals surface area contributed by atoms with Crippen LogP contribution in [0.1, 0.15) is 5.56 Å². The van der Waals surface area contributed by atoms with Crippen LogP contribution in [0.3, 0.4) is 0 Å². The van der Waals surface area contributed by atoms with E-state index < -0.39 is 11.5 Å². The summed E-state index contributed by atoms with van der Waals surface area (Å²) in [5.41, 5.74) is 0.556. The van der Waals surface area contributed by atoms with Crippen LogP contribution in [0, 0.1) is 17.1 Å². The molecule has 0 aliphatic rings. The van der Waals surface area contributed by atoms with Gasteiger partial charge in [-0.15, -0.1) is 0 Å². The molecule has 16 heavy (non-hydrogen) atoms. The van der Waals surface area contributed by atoms with Gasteiger partial charge in [-0.25, -0.2) is 14.2 Å². The van der Waals surface area contributed by atoms with Crippen molar-refractivity contribution >= 4 is 0 Å². The second-order valence-electron chi connectivity index (χ2n) is 3.13. The van der Waals surface area contributed by atoms with E-state index in [-0.39, 0.29) is 5.56 Å². The molecular weight excluding hydrogens is 209 g/mol. The molecule has 1 heterocycles. The minimum absolute atomic E-state index is 0.202. The zero-order chi connectivity index (χ0) is 11.5. The van der Waals surface area contributed by atoms with Crippen molar-refractivity contribution in [2.75, 3.05) is 0 Å². The van der Waals surface area contributed by atoms with Gasteiger partial charge >= 0.3 is 5.69 Å². The average Bonchev–Trinajstić information content (AvgIpc) is 2.28. The van der Waals surface area contributed by atoms with E-state index in [1.54, 1.807) is 0 Å². The van der Waals surface area contributed by atoms with Crippen LogP contribution in [-0.4, -0.2) is 9.97 Å². The van der Waals surface area contributed by atoms with Gasteiger partial charge in [0.25, 0.3) is 0 Å². The number of hydrogen-bond donors (Lipinski definition) is 1. The van der Waals surface area contributed by atoms with Crippen LogP contribution in [0.4, 0.5) is 4.39 Å². The van der Waals surface area contributed by atoms with E-state index in [4.69, 9.17) is 5.26 Å². The number of hydrogen-bond acceptors (Lipinski definition) is 3. The quantitative estimate of drug-likeness (QED) is 0.782. The van der Waals surface area contributed by atoms with Crippen LogP contribution in [0.2, 0.25) is 0 Å². The highest BCUT2D eigenvalue weighted by Crippen LogP contribution is 2.18. The van der Waals surface area contributed by atoms with Gasteiger partial charge in [0.2, 0.25) is 0 Å². The normalized spacial score (nSPS) is 9.75. The number of benzene rings is 1. The SMILES string of the molecule is N#Cc1cc(F)cc(-c2ccnc(=O)[nH]2)c1. The van der Waals surface area contributed by atoms with Crippen molar-refractivity contribution in [3.05, 3.63) is 52.3 Å². The molecule has 1 aromatic carbocycles. The summed E-state index contributed by atoms with van der Waals surface area (Å²) in [7, 11) is 0. The van der Waals surface area contributed by atoms with Gasteiger partial charge in [0.15, 0.2) is 0 Å². The Morgan fingerprint density at radius 2 is 2.19 bits per heavy atom. The fraction of sp³-hybridized carbons (Fsp3) is 0.